The van der Waals surface area contributed by atoms with Crippen LogP contribution in [-0.2, 0) is 71.2 Å². The largest absolute Gasteiger partial charge is 0.394 e. The predicted molar refractivity (Wildman–Crippen MR) is 250 cm³/mol. The van der Waals surface area contributed by atoms with Gasteiger partial charge in [0.2, 0.25) is 0 Å². The third kappa shape index (κ3) is 13.4. The maximum atomic E-state index is 11.7. The number of aliphatic hydroxyl groups is 20. The molecule has 0 spiro atoms. The van der Waals surface area contributed by atoms with Crippen molar-refractivity contribution in [2.24, 2.45) is 0 Å². The van der Waals surface area contributed by atoms with Gasteiger partial charge in [0, 0.05) is 0 Å². The summed E-state index contributed by atoms with van der Waals surface area (Å²) >= 11 is 0. The average molecular weight is 1210 g/mol. The SMILES string of the molecule is CC[N+](C)(C)OC[C@@H]1O[C@@H]2O[C@H]3[C@H](O)[C@H](O)[C@@H](O[C@H]4[C@@H](O)[C@H](O)[C@@H](O[C@H]5[C@H](O)[C@H](O)[C@@H](O[C@H]6[C@H](O)[C@@H](O)[C@@H](O[C@H]7[C@H](O)[C@@H](O)[C@@H](O[C@H]8[C@H](O)[C@@H](O)[C@@H](O[C@H]1[C@H](O)[C@H]2O)O[C@H]8CO)O[C@H]7CO)O[C@H]6CO)O[C@@H]5CO)O[C@@H]4CO)O[C@@H]3CO. The molecule has 21 heterocycles. The molecule has 0 aliphatic carbocycles. The Balaban J connectivity index is 1.10. The third-order valence-corrected chi connectivity index (χ3v) is 16.0. The van der Waals surface area contributed by atoms with Crippen LogP contribution in [0.2, 0.25) is 0 Å². The second kappa shape index (κ2) is 27.9. The lowest BCUT2D eigenvalue weighted by molar-refractivity contribution is -1.08. The molecule has 21 aliphatic rings. The van der Waals surface area contributed by atoms with Crippen molar-refractivity contribution in [1.82, 2.24) is 0 Å². The highest BCUT2D eigenvalue weighted by atomic mass is 16.8. The van der Waals surface area contributed by atoms with E-state index in [1.54, 1.807) is 21.0 Å². The molecule has 21 fully saturated rings. The lowest BCUT2D eigenvalue weighted by Gasteiger charge is -2.50. The van der Waals surface area contributed by atoms with Crippen molar-refractivity contribution < 1.29 is 178 Å². The zero-order chi connectivity index (χ0) is 60.0. The van der Waals surface area contributed by atoms with Crippen LogP contribution in [-0.4, -0.2) is 389 Å². The highest BCUT2D eigenvalue weighted by Crippen LogP contribution is 2.39. The molecule has 36 heteroatoms. The lowest BCUT2D eigenvalue weighted by atomic mass is 9.95. The average Bonchev–Trinajstić information content (AvgIpc) is 3.18. The fourth-order valence-electron chi connectivity index (χ4n) is 10.8. The van der Waals surface area contributed by atoms with E-state index in [4.69, 9.17) is 71.2 Å². The van der Waals surface area contributed by atoms with E-state index in [0.29, 0.717) is 6.54 Å². The molecule has 0 aromatic rings. The number of ether oxygens (including phenoxy) is 14. The maximum Gasteiger partial charge on any atom is 0.187 e. The lowest BCUT2D eigenvalue weighted by Crippen LogP contribution is -2.68. The molecule has 35 atom stereocenters. The molecule has 0 unspecified atom stereocenters. The van der Waals surface area contributed by atoms with Crippen molar-refractivity contribution >= 4 is 0 Å². The van der Waals surface area contributed by atoms with Gasteiger partial charge in [0.1, 0.15) is 184 Å². The van der Waals surface area contributed by atoms with E-state index in [9.17, 15) is 102 Å². The predicted octanol–water partition coefficient (Wildman–Crippen LogP) is -14.2. The second-order valence-electron chi connectivity index (χ2n) is 21.7. The van der Waals surface area contributed by atoms with Gasteiger partial charge < -0.3 is 168 Å². The number of hydrogen-bond acceptors (Lipinski definition) is 35. The Labute approximate surface area is 466 Å². The van der Waals surface area contributed by atoms with Crippen LogP contribution in [0, 0.1) is 0 Å². The summed E-state index contributed by atoms with van der Waals surface area (Å²) in [5.41, 5.74) is 0. The Hall–Kier alpha value is -1.44. The van der Waals surface area contributed by atoms with Crippen molar-refractivity contribution in [1.29, 1.82) is 0 Å². The van der Waals surface area contributed by atoms with Crippen LogP contribution in [0.3, 0.4) is 0 Å². The van der Waals surface area contributed by atoms with Gasteiger partial charge in [-0.1, -0.05) is 0 Å². The number of quaternary nitrogens is 1. The van der Waals surface area contributed by atoms with E-state index >= 15 is 0 Å². The van der Waals surface area contributed by atoms with E-state index < -0.39 is 261 Å². The summed E-state index contributed by atoms with van der Waals surface area (Å²) in [6.07, 6.45) is -69.6. The van der Waals surface area contributed by atoms with E-state index in [0.717, 1.165) is 0 Å². The molecule has 82 heavy (non-hydrogen) atoms. The molecular weight excluding hydrogens is 1130 g/mol. The number of aliphatic hydroxyl groups excluding tert-OH is 20. The Morgan fingerprint density at radius 2 is 0.415 bits per heavy atom. The quantitative estimate of drug-likeness (QED) is 0.0713. The van der Waals surface area contributed by atoms with Crippen molar-refractivity contribution in [3.05, 3.63) is 0 Å². The van der Waals surface area contributed by atoms with Crippen LogP contribution in [0.5, 0.6) is 0 Å². The summed E-state index contributed by atoms with van der Waals surface area (Å²) in [6.45, 7) is -4.62. The molecule has 0 aromatic carbocycles. The third-order valence-electron chi connectivity index (χ3n) is 16.0. The molecule has 0 aromatic heterocycles. The van der Waals surface area contributed by atoms with E-state index in [1.165, 1.54) is 0 Å². The second-order valence-corrected chi connectivity index (χ2v) is 21.7. The Morgan fingerprint density at radius 1 is 0.256 bits per heavy atom. The standard InChI is InChI=1S/C46H80NO35/c1-4-47(2,3)68-11-18-39-25(60)32(67)46(75-18)81-38-17(10-53)73-44(30(65)23(38)58)79-36-15(8-51)71-42(28(63)21(36)56)77-34-13(6-49)69-40(26(61)19(34)54)76-33-12(5-48)70-41(27(62)20(33)55)78-35-14(7-50)72-43(29(64)22(35)57)80-37-16(9-52)74-45(82-39)31(66)24(37)59/h12-46,48-67H,4-11H2,1-3H3/q+1/t12-,13+,14-,15+,16-,17+,18-,19+,20+,21-,22+,23+,24+,25+,26-,27+,28-,29+,30-,31+,32+,33+,34+,35+,36+,37+,38+,39+,40+,41+,42+,43+,44+,45+,46+/m0/s1. The van der Waals surface area contributed by atoms with Gasteiger partial charge in [-0.25, -0.2) is 4.84 Å². The zero-order valence-corrected chi connectivity index (χ0v) is 44.4. The first-order chi connectivity index (χ1) is 38.9. The summed E-state index contributed by atoms with van der Waals surface area (Å²) in [7, 11) is 3.27. The van der Waals surface area contributed by atoms with E-state index in [-0.39, 0.29) is 4.65 Å². The fourth-order valence-corrected chi connectivity index (χ4v) is 10.8. The Kier molecular flexibility index (Phi) is 22.7. The molecule has 478 valence electrons. The monoisotopic (exact) mass is 1210 g/mol. The number of rotatable bonds is 10. The summed E-state index contributed by atoms with van der Waals surface area (Å²) in [5, 5.41) is 223. The first-order valence-corrected chi connectivity index (χ1v) is 26.7. The molecule has 21 aliphatic heterocycles. The van der Waals surface area contributed by atoms with Crippen LogP contribution in [0.1, 0.15) is 6.92 Å². The topological polar surface area (TPSA) is 543 Å². The highest BCUT2D eigenvalue weighted by Gasteiger charge is 2.60. The summed E-state index contributed by atoms with van der Waals surface area (Å²) in [4.78, 5) is 5.99. The van der Waals surface area contributed by atoms with Gasteiger partial charge in [0.15, 0.2) is 44.0 Å². The molecule has 0 amide bonds. The maximum absolute atomic E-state index is 11.7. The van der Waals surface area contributed by atoms with Crippen LogP contribution >= 0.6 is 0 Å². The molecule has 14 bridgehead atoms. The molecular formula is C46H80NO35+. The minimum absolute atomic E-state index is 0.151. The van der Waals surface area contributed by atoms with Gasteiger partial charge in [0.05, 0.1) is 53.7 Å². The molecule has 20 N–H and O–H groups in total. The Bertz CT molecular complexity index is 1960. The van der Waals surface area contributed by atoms with Crippen LogP contribution in [0.25, 0.3) is 0 Å². The molecule has 21 saturated heterocycles. The van der Waals surface area contributed by atoms with Crippen molar-refractivity contribution in [3.8, 4) is 0 Å². The Morgan fingerprint density at radius 3 is 0.573 bits per heavy atom. The van der Waals surface area contributed by atoms with Gasteiger partial charge in [0.25, 0.3) is 0 Å². The molecule has 0 radical (unpaired) electrons. The fraction of sp³-hybridized carbons (Fsp3) is 1.00. The normalized spacial score (nSPS) is 52.9. The summed E-state index contributed by atoms with van der Waals surface area (Å²) < 4.78 is 80.9. The van der Waals surface area contributed by atoms with Crippen LogP contribution < -0.4 is 0 Å². The van der Waals surface area contributed by atoms with Gasteiger partial charge in [-0.3, -0.25) is 0 Å². The minimum atomic E-state index is -2.21. The molecule has 36 nitrogen and oxygen atoms in total. The first-order valence-electron chi connectivity index (χ1n) is 26.7. The number of nitrogens with zero attached hydrogens (tertiary/aromatic N) is 1. The van der Waals surface area contributed by atoms with Crippen LogP contribution in [0.4, 0.5) is 0 Å². The number of hydrogen-bond donors (Lipinski definition) is 20. The van der Waals surface area contributed by atoms with Gasteiger partial charge in [-0.2, -0.15) is 4.65 Å². The molecule has 21 rings (SSSR count). The van der Waals surface area contributed by atoms with Gasteiger partial charge in [-0.15, -0.1) is 0 Å². The van der Waals surface area contributed by atoms with Crippen molar-refractivity contribution in [2.45, 2.75) is 222 Å². The van der Waals surface area contributed by atoms with Crippen LogP contribution in [0.15, 0.2) is 0 Å². The minimum Gasteiger partial charge on any atom is -0.394 e. The smallest absolute Gasteiger partial charge is 0.187 e. The summed E-state index contributed by atoms with van der Waals surface area (Å²) in [6, 6.07) is 0. The van der Waals surface area contributed by atoms with Crippen molar-refractivity contribution in [2.75, 3.05) is 66.9 Å². The first kappa shape index (κ1) is 66.5. The van der Waals surface area contributed by atoms with E-state index in [1.807, 2.05) is 0 Å². The highest BCUT2D eigenvalue weighted by molar-refractivity contribution is 5.01. The van der Waals surface area contributed by atoms with Crippen molar-refractivity contribution in [3.63, 3.8) is 0 Å². The van der Waals surface area contributed by atoms with E-state index in [2.05, 4.69) is 0 Å². The van der Waals surface area contributed by atoms with Gasteiger partial charge >= 0.3 is 0 Å². The summed E-state index contributed by atoms with van der Waals surface area (Å²) in [5.74, 6) is 0. The zero-order valence-electron chi connectivity index (χ0n) is 44.4. The number of hydroxylamine groups is 3. The molecule has 0 saturated carbocycles. The van der Waals surface area contributed by atoms with Gasteiger partial charge in [-0.05, 0) is 6.92 Å².